The SMILES string of the molecule is COc1cccn([C@@H]2CCCc3c(-c4ccc5c(c4)CCC(=O)N5C)cncc32)c1=O. The maximum Gasteiger partial charge on any atom is 0.293 e. The minimum Gasteiger partial charge on any atom is -0.491 e. The molecule has 0 saturated carbocycles. The van der Waals surface area contributed by atoms with Gasteiger partial charge in [0.05, 0.1) is 13.2 Å². The summed E-state index contributed by atoms with van der Waals surface area (Å²) < 4.78 is 7.02. The zero-order valence-corrected chi connectivity index (χ0v) is 17.8. The van der Waals surface area contributed by atoms with E-state index >= 15 is 0 Å². The van der Waals surface area contributed by atoms with E-state index < -0.39 is 0 Å². The first-order chi connectivity index (χ1) is 15.1. The first-order valence-corrected chi connectivity index (χ1v) is 10.7. The second-order valence-corrected chi connectivity index (χ2v) is 8.25. The highest BCUT2D eigenvalue weighted by Gasteiger charge is 2.27. The van der Waals surface area contributed by atoms with Crippen LogP contribution in [0.2, 0.25) is 0 Å². The van der Waals surface area contributed by atoms with Crippen LogP contribution >= 0.6 is 0 Å². The Morgan fingerprint density at radius 1 is 1.10 bits per heavy atom. The van der Waals surface area contributed by atoms with Crippen molar-refractivity contribution in [1.82, 2.24) is 9.55 Å². The van der Waals surface area contributed by atoms with Gasteiger partial charge in [0.2, 0.25) is 5.91 Å². The number of rotatable bonds is 3. The van der Waals surface area contributed by atoms with Crippen molar-refractivity contribution in [1.29, 1.82) is 0 Å². The Balaban J connectivity index is 1.60. The van der Waals surface area contributed by atoms with Crippen LogP contribution in [0.1, 0.15) is 42.0 Å². The van der Waals surface area contributed by atoms with Crippen molar-refractivity contribution >= 4 is 11.6 Å². The minimum atomic E-state index is -0.116. The summed E-state index contributed by atoms with van der Waals surface area (Å²) in [7, 11) is 3.36. The summed E-state index contributed by atoms with van der Waals surface area (Å²) in [4.78, 5) is 31.2. The van der Waals surface area contributed by atoms with Crippen LogP contribution in [-0.2, 0) is 17.6 Å². The number of methoxy groups -OCH3 is 1. The lowest BCUT2D eigenvalue weighted by Crippen LogP contribution is -2.31. The Hall–Kier alpha value is -3.41. The fourth-order valence-corrected chi connectivity index (χ4v) is 4.95. The van der Waals surface area contributed by atoms with Crippen molar-refractivity contribution in [3.8, 4) is 16.9 Å². The van der Waals surface area contributed by atoms with Gasteiger partial charge < -0.3 is 14.2 Å². The number of ether oxygens (including phenoxy) is 1. The second-order valence-electron chi connectivity index (χ2n) is 8.25. The highest BCUT2D eigenvalue weighted by molar-refractivity contribution is 5.96. The second kappa shape index (κ2) is 7.69. The molecule has 0 fully saturated rings. The molecule has 1 aliphatic carbocycles. The molecule has 2 aliphatic rings. The molecule has 6 heteroatoms. The number of pyridine rings is 2. The van der Waals surface area contributed by atoms with Crippen LogP contribution < -0.4 is 15.2 Å². The van der Waals surface area contributed by atoms with Gasteiger partial charge in [0.25, 0.3) is 5.56 Å². The number of aryl methyl sites for hydroxylation is 1. The maximum absolute atomic E-state index is 12.9. The van der Waals surface area contributed by atoms with E-state index in [0.29, 0.717) is 12.2 Å². The average molecular weight is 415 g/mol. The zero-order chi connectivity index (χ0) is 21.5. The van der Waals surface area contributed by atoms with E-state index in [9.17, 15) is 9.59 Å². The molecule has 1 amide bonds. The van der Waals surface area contributed by atoms with Crippen LogP contribution in [-0.4, -0.2) is 29.6 Å². The van der Waals surface area contributed by atoms with Gasteiger partial charge in [0.1, 0.15) is 0 Å². The normalized spacial score (nSPS) is 17.8. The molecule has 0 saturated heterocycles. The van der Waals surface area contributed by atoms with E-state index in [1.54, 1.807) is 15.5 Å². The Bertz CT molecular complexity index is 1230. The lowest BCUT2D eigenvalue weighted by molar-refractivity contribution is -0.118. The number of hydrogen-bond acceptors (Lipinski definition) is 4. The van der Waals surface area contributed by atoms with Crippen LogP contribution in [0.5, 0.6) is 5.75 Å². The maximum atomic E-state index is 12.9. The molecule has 3 aromatic rings. The van der Waals surface area contributed by atoms with Crippen molar-refractivity contribution in [3.05, 3.63) is 76.0 Å². The lowest BCUT2D eigenvalue weighted by atomic mass is 9.84. The molecule has 0 spiro atoms. The fraction of sp³-hybridized carbons (Fsp3) is 0.320. The number of benzene rings is 1. The quantitative estimate of drug-likeness (QED) is 0.654. The number of fused-ring (bicyclic) bond motifs is 2. The summed E-state index contributed by atoms with van der Waals surface area (Å²) in [6.07, 6.45) is 9.81. The summed E-state index contributed by atoms with van der Waals surface area (Å²) in [6.45, 7) is 0. The summed E-state index contributed by atoms with van der Waals surface area (Å²) in [6, 6.07) is 9.80. The Morgan fingerprint density at radius 3 is 2.81 bits per heavy atom. The molecule has 31 heavy (non-hydrogen) atoms. The molecule has 0 bridgehead atoms. The van der Waals surface area contributed by atoms with E-state index in [2.05, 4.69) is 17.1 Å². The van der Waals surface area contributed by atoms with Crippen LogP contribution in [0.3, 0.4) is 0 Å². The molecule has 1 aliphatic heterocycles. The molecule has 0 radical (unpaired) electrons. The summed E-state index contributed by atoms with van der Waals surface area (Å²) in [5.74, 6) is 0.512. The largest absolute Gasteiger partial charge is 0.491 e. The van der Waals surface area contributed by atoms with Crippen LogP contribution in [0.15, 0.2) is 53.7 Å². The van der Waals surface area contributed by atoms with E-state index in [-0.39, 0.29) is 17.5 Å². The third-order valence-electron chi connectivity index (χ3n) is 6.58. The molecular formula is C25H25N3O3. The third-order valence-corrected chi connectivity index (χ3v) is 6.58. The first-order valence-electron chi connectivity index (χ1n) is 10.7. The van der Waals surface area contributed by atoms with E-state index in [0.717, 1.165) is 48.1 Å². The van der Waals surface area contributed by atoms with Crippen molar-refractivity contribution < 1.29 is 9.53 Å². The number of anilines is 1. The molecule has 1 aromatic carbocycles. The van der Waals surface area contributed by atoms with Crippen molar-refractivity contribution in [2.24, 2.45) is 0 Å². The predicted molar refractivity (Wildman–Crippen MR) is 120 cm³/mol. The van der Waals surface area contributed by atoms with Crippen LogP contribution in [0, 0.1) is 0 Å². The van der Waals surface area contributed by atoms with Gasteiger partial charge in [-0.3, -0.25) is 14.6 Å². The van der Waals surface area contributed by atoms with Gasteiger partial charge in [-0.05, 0) is 72.2 Å². The van der Waals surface area contributed by atoms with Crippen molar-refractivity contribution in [3.63, 3.8) is 0 Å². The molecule has 2 aromatic heterocycles. The summed E-state index contributed by atoms with van der Waals surface area (Å²) in [5, 5.41) is 0. The fourth-order valence-electron chi connectivity index (χ4n) is 4.95. The van der Waals surface area contributed by atoms with E-state index in [4.69, 9.17) is 4.74 Å². The number of nitrogens with zero attached hydrogens (tertiary/aromatic N) is 3. The molecular weight excluding hydrogens is 390 g/mol. The molecule has 6 nitrogen and oxygen atoms in total. The highest BCUT2D eigenvalue weighted by Crippen LogP contribution is 2.39. The minimum absolute atomic E-state index is 0.0554. The standard InChI is InChI=1S/C25H25N3O3/c1-27-21-10-8-16(13-17(21)9-11-24(27)29)19-14-26-15-20-18(19)5-3-6-22(20)28-12-4-7-23(31-2)25(28)30/h4,7-8,10,12-15,22H,3,5-6,9,11H2,1-2H3/t22-/m1/s1. The lowest BCUT2D eigenvalue weighted by Gasteiger charge is -2.29. The van der Waals surface area contributed by atoms with Gasteiger partial charge >= 0.3 is 0 Å². The monoisotopic (exact) mass is 415 g/mol. The first kappa shape index (κ1) is 19.5. The van der Waals surface area contributed by atoms with Crippen LogP contribution in [0.4, 0.5) is 5.69 Å². The number of carbonyl (C=O) groups excluding carboxylic acids is 1. The number of aromatic nitrogens is 2. The summed E-state index contributed by atoms with van der Waals surface area (Å²) in [5.41, 5.74) is 6.64. The van der Waals surface area contributed by atoms with Gasteiger partial charge in [-0.1, -0.05) is 6.07 Å². The number of amides is 1. The molecule has 158 valence electrons. The molecule has 5 rings (SSSR count). The Morgan fingerprint density at radius 2 is 1.97 bits per heavy atom. The average Bonchev–Trinajstić information content (AvgIpc) is 2.81. The van der Waals surface area contributed by atoms with Gasteiger partial charge in [-0.2, -0.15) is 0 Å². The van der Waals surface area contributed by atoms with E-state index in [1.807, 2.05) is 37.8 Å². The van der Waals surface area contributed by atoms with Crippen molar-refractivity contribution in [2.75, 3.05) is 19.1 Å². The van der Waals surface area contributed by atoms with Crippen molar-refractivity contribution in [2.45, 2.75) is 38.1 Å². The zero-order valence-electron chi connectivity index (χ0n) is 17.8. The van der Waals surface area contributed by atoms with E-state index in [1.165, 1.54) is 18.2 Å². The highest BCUT2D eigenvalue weighted by atomic mass is 16.5. The predicted octanol–water partition coefficient (Wildman–Crippen LogP) is 3.75. The van der Waals surface area contributed by atoms with Gasteiger partial charge in [-0.15, -0.1) is 0 Å². The molecule has 0 N–H and O–H groups in total. The smallest absolute Gasteiger partial charge is 0.293 e. The Kier molecular flexibility index (Phi) is 4.85. The third kappa shape index (κ3) is 3.23. The Labute approximate surface area is 181 Å². The van der Waals surface area contributed by atoms with Gasteiger partial charge in [0.15, 0.2) is 5.75 Å². The topological polar surface area (TPSA) is 64.4 Å². The summed E-state index contributed by atoms with van der Waals surface area (Å²) >= 11 is 0. The van der Waals surface area contributed by atoms with Gasteiger partial charge in [-0.25, -0.2) is 0 Å². The van der Waals surface area contributed by atoms with Crippen LogP contribution in [0.25, 0.3) is 11.1 Å². The molecule has 0 unspecified atom stereocenters. The van der Waals surface area contributed by atoms with Gasteiger partial charge in [0, 0.05) is 43.3 Å². The number of carbonyl (C=O) groups is 1. The number of hydrogen-bond donors (Lipinski definition) is 0. The molecule has 1 atom stereocenters. The molecule has 3 heterocycles.